The van der Waals surface area contributed by atoms with Gasteiger partial charge in [-0.15, -0.1) is 0 Å². The summed E-state index contributed by atoms with van der Waals surface area (Å²) in [4.78, 5) is 14.3. The van der Waals surface area contributed by atoms with Crippen LogP contribution in [0.25, 0.3) is 0 Å². The molecule has 2 aliphatic rings. The Morgan fingerprint density at radius 1 is 1.14 bits per heavy atom. The van der Waals surface area contributed by atoms with Crippen molar-refractivity contribution in [2.24, 2.45) is 5.92 Å². The molecule has 1 aliphatic carbocycles. The van der Waals surface area contributed by atoms with Crippen molar-refractivity contribution in [3.8, 4) is 0 Å². The van der Waals surface area contributed by atoms with Crippen LogP contribution in [0.3, 0.4) is 0 Å². The summed E-state index contributed by atoms with van der Waals surface area (Å²) in [5, 5.41) is 0. The summed E-state index contributed by atoms with van der Waals surface area (Å²) in [5.74, 6) is -0.0615. The minimum atomic E-state index is -3.90. The van der Waals surface area contributed by atoms with Crippen molar-refractivity contribution in [1.29, 1.82) is 0 Å². The third kappa shape index (κ3) is 3.11. The summed E-state index contributed by atoms with van der Waals surface area (Å²) < 4.78 is 30.8. The lowest BCUT2D eigenvalue weighted by Gasteiger charge is -2.34. The molecule has 1 aromatic carbocycles. The molecule has 0 spiro atoms. The molecule has 1 aromatic rings. The number of carbonyl (C=O) groups is 1. The van der Waals surface area contributed by atoms with Crippen molar-refractivity contribution in [3.63, 3.8) is 0 Å². The standard InChI is InChI=1S/C15H19NO4S/c17-15-14-4-2-1-3-12(14)9-16(15)13-7-5-11(6-8-13)10-21(18,19)20/h1-4,11,13H,5-10H2,(H,18,19,20). The second-order valence-electron chi connectivity index (χ2n) is 6.01. The van der Waals surface area contributed by atoms with E-state index in [9.17, 15) is 13.2 Å². The number of rotatable bonds is 3. The highest BCUT2D eigenvalue weighted by Gasteiger charge is 2.35. The van der Waals surface area contributed by atoms with Crippen LogP contribution in [0.1, 0.15) is 41.6 Å². The molecule has 1 N–H and O–H groups in total. The Bertz CT molecular complexity index is 647. The Kier molecular flexibility index (Phi) is 3.75. The molecule has 21 heavy (non-hydrogen) atoms. The van der Waals surface area contributed by atoms with E-state index < -0.39 is 10.1 Å². The van der Waals surface area contributed by atoms with Crippen molar-refractivity contribution in [2.45, 2.75) is 38.3 Å². The van der Waals surface area contributed by atoms with E-state index in [4.69, 9.17) is 4.55 Å². The number of hydrogen-bond donors (Lipinski definition) is 1. The summed E-state index contributed by atoms with van der Waals surface area (Å²) >= 11 is 0. The molecule has 5 nitrogen and oxygen atoms in total. The predicted molar refractivity (Wildman–Crippen MR) is 78.5 cm³/mol. The van der Waals surface area contributed by atoms with Gasteiger partial charge in [-0.05, 0) is 43.2 Å². The van der Waals surface area contributed by atoms with Gasteiger partial charge in [-0.2, -0.15) is 8.42 Å². The first kappa shape index (κ1) is 14.5. The van der Waals surface area contributed by atoms with E-state index in [1.165, 1.54) is 0 Å². The second kappa shape index (κ2) is 5.42. The van der Waals surface area contributed by atoms with Crippen LogP contribution < -0.4 is 0 Å². The largest absolute Gasteiger partial charge is 0.331 e. The number of nitrogens with zero attached hydrogens (tertiary/aromatic N) is 1. The number of amides is 1. The predicted octanol–water partition coefficient (Wildman–Crippen LogP) is 2.09. The summed E-state index contributed by atoms with van der Waals surface area (Å²) in [5.41, 5.74) is 1.86. The van der Waals surface area contributed by atoms with Gasteiger partial charge in [0.2, 0.25) is 0 Å². The Morgan fingerprint density at radius 2 is 1.81 bits per heavy atom. The highest BCUT2D eigenvalue weighted by atomic mass is 32.2. The molecule has 0 aromatic heterocycles. The van der Waals surface area contributed by atoms with Gasteiger partial charge in [0, 0.05) is 18.2 Å². The second-order valence-corrected chi connectivity index (χ2v) is 7.51. The maximum absolute atomic E-state index is 12.4. The van der Waals surface area contributed by atoms with E-state index in [0.29, 0.717) is 6.54 Å². The van der Waals surface area contributed by atoms with Gasteiger partial charge in [0.25, 0.3) is 16.0 Å². The summed E-state index contributed by atoms with van der Waals surface area (Å²) in [6.45, 7) is 0.655. The minimum absolute atomic E-state index is 0.0105. The zero-order valence-corrected chi connectivity index (χ0v) is 12.6. The zero-order valence-electron chi connectivity index (χ0n) is 11.7. The molecule has 0 unspecified atom stereocenters. The minimum Gasteiger partial charge on any atom is -0.331 e. The van der Waals surface area contributed by atoms with Crippen LogP contribution in [0.4, 0.5) is 0 Å². The SMILES string of the molecule is O=C1c2ccccc2CN1C1CCC(CS(=O)(=O)O)CC1. The normalized spacial score (nSPS) is 26.0. The highest BCUT2D eigenvalue weighted by molar-refractivity contribution is 7.85. The average Bonchev–Trinajstić information content (AvgIpc) is 2.76. The van der Waals surface area contributed by atoms with E-state index in [-0.39, 0.29) is 23.6 Å². The fraction of sp³-hybridized carbons (Fsp3) is 0.533. The number of benzene rings is 1. The molecule has 1 amide bonds. The van der Waals surface area contributed by atoms with Gasteiger partial charge >= 0.3 is 0 Å². The molecule has 1 aliphatic heterocycles. The van der Waals surface area contributed by atoms with E-state index in [1.54, 1.807) is 0 Å². The monoisotopic (exact) mass is 309 g/mol. The molecule has 6 heteroatoms. The van der Waals surface area contributed by atoms with Gasteiger partial charge in [-0.1, -0.05) is 18.2 Å². The van der Waals surface area contributed by atoms with Crippen LogP contribution in [0.15, 0.2) is 24.3 Å². The molecular weight excluding hydrogens is 290 g/mol. The third-order valence-electron chi connectivity index (χ3n) is 4.55. The van der Waals surface area contributed by atoms with Gasteiger partial charge in [0.05, 0.1) is 5.75 Å². The molecule has 1 fully saturated rings. The van der Waals surface area contributed by atoms with E-state index in [1.807, 2.05) is 29.2 Å². The number of hydrogen-bond acceptors (Lipinski definition) is 3. The first-order valence-electron chi connectivity index (χ1n) is 7.28. The molecular formula is C15H19NO4S. The molecule has 0 radical (unpaired) electrons. The first-order valence-corrected chi connectivity index (χ1v) is 8.89. The van der Waals surface area contributed by atoms with Gasteiger partial charge in [0.1, 0.15) is 0 Å². The van der Waals surface area contributed by atoms with E-state index in [2.05, 4.69) is 0 Å². The highest BCUT2D eigenvalue weighted by Crippen LogP contribution is 2.33. The number of carbonyl (C=O) groups excluding carboxylic acids is 1. The number of fused-ring (bicyclic) bond motifs is 1. The van der Waals surface area contributed by atoms with Crippen molar-refractivity contribution in [2.75, 3.05) is 5.75 Å². The Balaban J connectivity index is 1.63. The first-order chi connectivity index (χ1) is 9.94. The molecule has 3 rings (SSSR count). The Labute approximate surface area is 124 Å². The molecule has 0 saturated heterocycles. The summed E-state index contributed by atoms with van der Waals surface area (Å²) in [6, 6.07) is 7.85. The lowest BCUT2D eigenvalue weighted by Crippen LogP contribution is -2.39. The zero-order chi connectivity index (χ0) is 15.0. The molecule has 1 saturated carbocycles. The van der Waals surface area contributed by atoms with Crippen molar-refractivity contribution in [3.05, 3.63) is 35.4 Å². The average molecular weight is 309 g/mol. The van der Waals surface area contributed by atoms with Gasteiger partial charge < -0.3 is 4.90 Å². The van der Waals surface area contributed by atoms with Gasteiger partial charge in [0.15, 0.2) is 0 Å². The van der Waals surface area contributed by atoms with E-state index in [0.717, 1.165) is 36.8 Å². The Hall–Kier alpha value is -1.40. The molecule has 0 bridgehead atoms. The van der Waals surface area contributed by atoms with Crippen LogP contribution in [-0.2, 0) is 16.7 Å². The maximum atomic E-state index is 12.4. The topological polar surface area (TPSA) is 74.7 Å². The molecule has 114 valence electrons. The smallest absolute Gasteiger partial charge is 0.265 e. The maximum Gasteiger partial charge on any atom is 0.265 e. The van der Waals surface area contributed by atoms with Crippen LogP contribution in [0, 0.1) is 5.92 Å². The van der Waals surface area contributed by atoms with Gasteiger partial charge in [-0.25, -0.2) is 0 Å². The quantitative estimate of drug-likeness (QED) is 0.868. The van der Waals surface area contributed by atoms with Crippen LogP contribution >= 0.6 is 0 Å². The lowest BCUT2D eigenvalue weighted by atomic mass is 9.86. The van der Waals surface area contributed by atoms with Crippen LogP contribution in [-0.4, -0.2) is 35.6 Å². The van der Waals surface area contributed by atoms with Crippen LogP contribution in [0.2, 0.25) is 0 Å². The third-order valence-corrected chi connectivity index (χ3v) is 5.45. The lowest BCUT2D eigenvalue weighted by molar-refractivity contribution is 0.0640. The fourth-order valence-corrected chi connectivity index (χ4v) is 4.42. The Morgan fingerprint density at radius 3 is 2.43 bits per heavy atom. The molecule has 0 atom stereocenters. The fourth-order valence-electron chi connectivity index (χ4n) is 3.49. The van der Waals surface area contributed by atoms with E-state index >= 15 is 0 Å². The van der Waals surface area contributed by atoms with Crippen molar-refractivity contribution >= 4 is 16.0 Å². The molecule has 1 heterocycles. The summed E-state index contributed by atoms with van der Waals surface area (Å²) in [7, 11) is -3.90. The van der Waals surface area contributed by atoms with Gasteiger partial charge in [-0.3, -0.25) is 9.35 Å². The van der Waals surface area contributed by atoms with Crippen molar-refractivity contribution in [1.82, 2.24) is 4.90 Å². The van der Waals surface area contributed by atoms with Crippen molar-refractivity contribution < 1.29 is 17.8 Å². The van der Waals surface area contributed by atoms with Crippen LogP contribution in [0.5, 0.6) is 0 Å². The summed E-state index contributed by atoms with van der Waals surface area (Å²) in [6.07, 6.45) is 3.09.